The van der Waals surface area contributed by atoms with Crippen LogP contribution in [0.2, 0.25) is 0 Å². The molecular weight excluding hydrogens is 216 g/mol. The number of rotatable bonds is 3. The van der Waals surface area contributed by atoms with E-state index in [1.54, 1.807) is 7.11 Å². The maximum atomic E-state index is 9.51. The highest BCUT2D eigenvalue weighted by molar-refractivity contribution is 5.41. The normalized spacial score (nSPS) is 20.8. The van der Waals surface area contributed by atoms with E-state index in [4.69, 9.17) is 4.74 Å². The van der Waals surface area contributed by atoms with E-state index in [-0.39, 0.29) is 6.10 Å². The average Bonchev–Trinajstić information content (AvgIpc) is 2.69. The molecule has 2 rings (SSSR count). The van der Waals surface area contributed by atoms with E-state index in [2.05, 4.69) is 9.88 Å². The highest BCUT2D eigenvalue weighted by Gasteiger charge is 2.21. The van der Waals surface area contributed by atoms with E-state index < -0.39 is 0 Å². The summed E-state index contributed by atoms with van der Waals surface area (Å²) in [4.78, 5) is 6.70. The fourth-order valence-corrected chi connectivity index (χ4v) is 2.40. The van der Waals surface area contributed by atoms with Crippen LogP contribution in [0.1, 0.15) is 23.2 Å². The van der Waals surface area contributed by atoms with Gasteiger partial charge in [0.1, 0.15) is 5.75 Å². The largest absolute Gasteiger partial charge is 0.496 e. The van der Waals surface area contributed by atoms with Gasteiger partial charge in [0, 0.05) is 37.0 Å². The number of β-amino-alcohol motifs (C(OH)–C–C–N with tert-alkyl or cyclic N) is 1. The molecule has 1 aromatic heterocycles. The first-order chi connectivity index (χ1) is 8.11. The lowest BCUT2D eigenvalue weighted by atomic mass is 10.1. The number of aryl methyl sites for hydroxylation is 1. The number of ether oxygens (including phenoxy) is 1. The highest BCUT2D eigenvalue weighted by atomic mass is 16.5. The number of pyridine rings is 1. The van der Waals surface area contributed by atoms with Crippen LogP contribution in [0.25, 0.3) is 0 Å². The number of nitrogens with zero attached hydrogens (tertiary/aromatic N) is 2. The third-order valence-corrected chi connectivity index (χ3v) is 3.37. The van der Waals surface area contributed by atoms with Gasteiger partial charge in [-0.05, 0) is 20.3 Å². The Morgan fingerprint density at radius 1 is 1.53 bits per heavy atom. The predicted octanol–water partition coefficient (Wildman–Crippen LogP) is 1.27. The first-order valence-electron chi connectivity index (χ1n) is 6.01. The molecule has 94 valence electrons. The van der Waals surface area contributed by atoms with E-state index in [1.165, 1.54) is 0 Å². The van der Waals surface area contributed by atoms with Crippen LogP contribution in [0.15, 0.2) is 6.20 Å². The minimum atomic E-state index is -0.178. The Labute approximate surface area is 102 Å². The first-order valence-corrected chi connectivity index (χ1v) is 6.01. The van der Waals surface area contributed by atoms with Gasteiger partial charge in [-0.2, -0.15) is 0 Å². The number of methoxy groups -OCH3 is 1. The topological polar surface area (TPSA) is 45.6 Å². The molecule has 1 atom stereocenters. The van der Waals surface area contributed by atoms with Gasteiger partial charge in [0.15, 0.2) is 0 Å². The van der Waals surface area contributed by atoms with Crippen molar-refractivity contribution in [3.8, 4) is 5.75 Å². The lowest BCUT2D eigenvalue weighted by Crippen LogP contribution is -2.22. The molecule has 1 aromatic rings. The maximum Gasteiger partial charge on any atom is 0.128 e. The summed E-state index contributed by atoms with van der Waals surface area (Å²) >= 11 is 0. The van der Waals surface area contributed by atoms with Gasteiger partial charge in [-0.25, -0.2) is 0 Å². The molecule has 4 heteroatoms. The third-order valence-electron chi connectivity index (χ3n) is 3.37. The zero-order valence-electron chi connectivity index (χ0n) is 10.7. The van der Waals surface area contributed by atoms with Gasteiger partial charge >= 0.3 is 0 Å². The molecule has 1 aliphatic rings. The Kier molecular flexibility index (Phi) is 3.64. The number of aliphatic hydroxyl groups is 1. The molecule has 1 saturated heterocycles. The second kappa shape index (κ2) is 5.02. The Morgan fingerprint density at radius 2 is 2.29 bits per heavy atom. The Bertz CT molecular complexity index is 407. The number of hydrogen-bond acceptors (Lipinski definition) is 4. The number of aromatic nitrogens is 1. The summed E-state index contributed by atoms with van der Waals surface area (Å²) in [6.07, 6.45) is 2.54. The van der Waals surface area contributed by atoms with Crippen molar-refractivity contribution in [2.45, 2.75) is 32.9 Å². The van der Waals surface area contributed by atoms with Crippen LogP contribution in [0.5, 0.6) is 5.75 Å². The Morgan fingerprint density at radius 3 is 2.88 bits per heavy atom. The van der Waals surface area contributed by atoms with Crippen LogP contribution in [0, 0.1) is 13.8 Å². The summed E-state index contributed by atoms with van der Waals surface area (Å²) < 4.78 is 5.39. The zero-order chi connectivity index (χ0) is 12.4. The van der Waals surface area contributed by atoms with Gasteiger partial charge < -0.3 is 9.84 Å². The summed E-state index contributed by atoms with van der Waals surface area (Å²) in [6.45, 7) is 6.53. The van der Waals surface area contributed by atoms with Crippen LogP contribution < -0.4 is 4.74 Å². The molecule has 0 aromatic carbocycles. The maximum absolute atomic E-state index is 9.51. The van der Waals surface area contributed by atoms with Crippen molar-refractivity contribution < 1.29 is 9.84 Å². The summed E-state index contributed by atoms with van der Waals surface area (Å²) in [5, 5.41) is 9.51. The van der Waals surface area contributed by atoms with E-state index in [1.807, 2.05) is 20.0 Å². The van der Waals surface area contributed by atoms with E-state index in [0.29, 0.717) is 0 Å². The Balaban J connectivity index is 2.16. The fraction of sp³-hybridized carbons (Fsp3) is 0.615. The predicted molar refractivity (Wildman–Crippen MR) is 66.2 cm³/mol. The van der Waals surface area contributed by atoms with Crippen LogP contribution in [0.3, 0.4) is 0 Å². The molecule has 1 N–H and O–H groups in total. The lowest BCUT2D eigenvalue weighted by Gasteiger charge is -2.17. The van der Waals surface area contributed by atoms with Gasteiger partial charge in [-0.3, -0.25) is 9.88 Å². The molecule has 1 unspecified atom stereocenters. The first kappa shape index (κ1) is 12.3. The number of hydrogen-bond donors (Lipinski definition) is 1. The summed E-state index contributed by atoms with van der Waals surface area (Å²) in [5.41, 5.74) is 3.21. The van der Waals surface area contributed by atoms with Crippen molar-refractivity contribution in [1.29, 1.82) is 0 Å². The minimum Gasteiger partial charge on any atom is -0.496 e. The van der Waals surface area contributed by atoms with Crippen molar-refractivity contribution in [1.82, 2.24) is 9.88 Å². The molecule has 2 heterocycles. The van der Waals surface area contributed by atoms with Crippen molar-refractivity contribution in [2.24, 2.45) is 0 Å². The summed E-state index contributed by atoms with van der Waals surface area (Å²) in [7, 11) is 1.69. The van der Waals surface area contributed by atoms with Gasteiger partial charge in [0.25, 0.3) is 0 Å². The van der Waals surface area contributed by atoms with Crippen LogP contribution >= 0.6 is 0 Å². The van der Waals surface area contributed by atoms with E-state index in [0.717, 1.165) is 48.6 Å². The zero-order valence-corrected chi connectivity index (χ0v) is 10.7. The monoisotopic (exact) mass is 236 g/mol. The molecule has 1 aliphatic heterocycles. The van der Waals surface area contributed by atoms with Crippen molar-refractivity contribution in [3.05, 3.63) is 23.0 Å². The molecule has 4 nitrogen and oxygen atoms in total. The number of likely N-dealkylation sites (tertiary alicyclic amines) is 1. The standard InChI is InChI=1S/C13H20N2O2/c1-9-6-14-12(10(2)13(9)17-3)8-15-5-4-11(16)7-15/h6,11,16H,4-5,7-8H2,1-3H3. The molecule has 1 fully saturated rings. The second-order valence-electron chi connectivity index (χ2n) is 4.72. The molecule has 0 spiro atoms. The SMILES string of the molecule is COc1c(C)cnc(CN2CCC(O)C2)c1C. The highest BCUT2D eigenvalue weighted by Crippen LogP contribution is 2.25. The Hall–Kier alpha value is -1.13. The molecule has 0 aliphatic carbocycles. The van der Waals surface area contributed by atoms with Gasteiger partial charge in [-0.15, -0.1) is 0 Å². The molecule has 0 radical (unpaired) electrons. The molecular formula is C13H20N2O2. The lowest BCUT2D eigenvalue weighted by molar-refractivity contribution is 0.174. The molecule has 0 saturated carbocycles. The summed E-state index contributed by atoms with van der Waals surface area (Å²) in [5.74, 6) is 0.926. The van der Waals surface area contributed by atoms with Crippen molar-refractivity contribution >= 4 is 0 Å². The van der Waals surface area contributed by atoms with E-state index in [9.17, 15) is 5.11 Å². The van der Waals surface area contributed by atoms with Crippen LogP contribution in [-0.2, 0) is 6.54 Å². The van der Waals surface area contributed by atoms with Gasteiger partial charge in [0.2, 0.25) is 0 Å². The quantitative estimate of drug-likeness (QED) is 0.858. The van der Waals surface area contributed by atoms with Gasteiger partial charge in [-0.1, -0.05) is 0 Å². The number of aliphatic hydroxyl groups excluding tert-OH is 1. The van der Waals surface area contributed by atoms with E-state index >= 15 is 0 Å². The molecule has 17 heavy (non-hydrogen) atoms. The second-order valence-corrected chi connectivity index (χ2v) is 4.72. The minimum absolute atomic E-state index is 0.178. The smallest absolute Gasteiger partial charge is 0.128 e. The summed E-state index contributed by atoms with van der Waals surface area (Å²) in [6, 6.07) is 0. The van der Waals surface area contributed by atoms with Gasteiger partial charge in [0.05, 0.1) is 18.9 Å². The van der Waals surface area contributed by atoms with Crippen LogP contribution in [0.4, 0.5) is 0 Å². The third kappa shape index (κ3) is 2.58. The molecule has 0 bridgehead atoms. The molecule has 0 amide bonds. The van der Waals surface area contributed by atoms with Crippen molar-refractivity contribution in [2.75, 3.05) is 20.2 Å². The van der Waals surface area contributed by atoms with Crippen molar-refractivity contribution in [3.63, 3.8) is 0 Å². The van der Waals surface area contributed by atoms with Crippen LogP contribution in [-0.4, -0.2) is 41.3 Å². The average molecular weight is 236 g/mol. The fourth-order valence-electron chi connectivity index (χ4n) is 2.40.